The summed E-state index contributed by atoms with van der Waals surface area (Å²) in [6.45, 7) is 4.27. The molecule has 2 amide bonds. The molecule has 7 nitrogen and oxygen atoms in total. The number of imide groups is 1. The molecule has 3 rings (SSSR count). The second-order valence-electron chi connectivity index (χ2n) is 6.99. The number of carbonyl (C=O) groups is 2. The number of methoxy groups -OCH3 is 2. The van der Waals surface area contributed by atoms with Gasteiger partial charge in [-0.05, 0) is 31.5 Å². The first-order valence-corrected chi connectivity index (χ1v) is 9.72. The topological polar surface area (TPSA) is 77.1 Å². The van der Waals surface area contributed by atoms with Crippen LogP contribution in [0.4, 0.5) is 5.69 Å². The van der Waals surface area contributed by atoms with Crippen LogP contribution in [0.15, 0.2) is 54.2 Å². The van der Waals surface area contributed by atoms with E-state index in [0.717, 1.165) is 0 Å². The molecule has 7 heteroatoms. The Labute approximate surface area is 176 Å². The normalized spacial score (nSPS) is 14.0. The molecule has 0 atom stereocenters. The highest BCUT2D eigenvalue weighted by Crippen LogP contribution is 2.34. The van der Waals surface area contributed by atoms with Crippen LogP contribution in [0, 0.1) is 0 Å². The number of anilines is 1. The molecule has 1 heterocycles. The highest BCUT2D eigenvalue weighted by atomic mass is 16.5. The summed E-state index contributed by atoms with van der Waals surface area (Å²) < 4.78 is 16.2. The standard InChI is InChI=1S/C23H26N2O5/c1-15(2)30-13-12-25-22(26)20(16-8-6-5-7-9-16)21(23(25)27)24-18-11-10-17(28-3)14-19(18)29-4/h5-11,14-15,24H,12-13H2,1-4H3. The smallest absolute Gasteiger partial charge is 0.278 e. The molecular weight excluding hydrogens is 384 g/mol. The maximum absolute atomic E-state index is 13.2. The Kier molecular flexibility index (Phi) is 6.74. The predicted octanol–water partition coefficient (Wildman–Crippen LogP) is 3.32. The van der Waals surface area contributed by atoms with E-state index >= 15 is 0 Å². The van der Waals surface area contributed by atoms with Gasteiger partial charge in [0.15, 0.2) is 0 Å². The van der Waals surface area contributed by atoms with Crippen LogP contribution < -0.4 is 14.8 Å². The summed E-state index contributed by atoms with van der Waals surface area (Å²) >= 11 is 0. The third-order valence-corrected chi connectivity index (χ3v) is 4.66. The zero-order chi connectivity index (χ0) is 21.7. The lowest BCUT2D eigenvalue weighted by atomic mass is 10.0. The van der Waals surface area contributed by atoms with Gasteiger partial charge in [0.25, 0.3) is 11.8 Å². The summed E-state index contributed by atoms with van der Waals surface area (Å²) in [5.41, 5.74) is 1.75. The molecule has 30 heavy (non-hydrogen) atoms. The molecule has 2 aromatic rings. The number of carbonyl (C=O) groups excluding carboxylic acids is 2. The summed E-state index contributed by atoms with van der Waals surface area (Å²) in [6.07, 6.45) is 0.0144. The van der Waals surface area contributed by atoms with Crippen molar-refractivity contribution in [2.45, 2.75) is 20.0 Å². The molecule has 1 aliphatic heterocycles. The molecule has 0 saturated carbocycles. The first-order chi connectivity index (χ1) is 14.5. The third-order valence-electron chi connectivity index (χ3n) is 4.66. The number of benzene rings is 2. The minimum Gasteiger partial charge on any atom is -0.497 e. The fraction of sp³-hybridized carbons (Fsp3) is 0.304. The van der Waals surface area contributed by atoms with E-state index < -0.39 is 5.91 Å². The summed E-state index contributed by atoms with van der Waals surface area (Å²) in [5.74, 6) is 0.365. The van der Waals surface area contributed by atoms with Gasteiger partial charge in [-0.3, -0.25) is 14.5 Å². The van der Waals surface area contributed by atoms with Gasteiger partial charge in [-0.15, -0.1) is 0 Å². The first kappa shape index (κ1) is 21.4. The maximum Gasteiger partial charge on any atom is 0.278 e. The first-order valence-electron chi connectivity index (χ1n) is 9.72. The van der Waals surface area contributed by atoms with Crippen molar-refractivity contribution in [3.05, 3.63) is 59.8 Å². The van der Waals surface area contributed by atoms with Gasteiger partial charge >= 0.3 is 0 Å². The minimum atomic E-state index is -0.399. The highest BCUT2D eigenvalue weighted by molar-refractivity contribution is 6.36. The Hall–Kier alpha value is -3.32. The van der Waals surface area contributed by atoms with Crippen LogP contribution >= 0.6 is 0 Å². The number of amides is 2. The van der Waals surface area contributed by atoms with E-state index in [4.69, 9.17) is 14.2 Å². The molecule has 158 valence electrons. The van der Waals surface area contributed by atoms with Gasteiger partial charge in [-0.2, -0.15) is 0 Å². The van der Waals surface area contributed by atoms with Crippen LogP contribution in [-0.4, -0.2) is 50.2 Å². The van der Waals surface area contributed by atoms with Crippen molar-refractivity contribution in [2.75, 3.05) is 32.7 Å². The van der Waals surface area contributed by atoms with Crippen molar-refractivity contribution >= 4 is 23.1 Å². The van der Waals surface area contributed by atoms with Gasteiger partial charge in [0.2, 0.25) is 0 Å². The zero-order valence-corrected chi connectivity index (χ0v) is 17.6. The molecule has 0 saturated heterocycles. The molecule has 0 fully saturated rings. The Morgan fingerprint density at radius 3 is 2.33 bits per heavy atom. The monoisotopic (exact) mass is 410 g/mol. The molecule has 1 aliphatic rings. The van der Waals surface area contributed by atoms with E-state index in [1.165, 1.54) is 12.0 Å². The second-order valence-corrected chi connectivity index (χ2v) is 6.99. The summed E-state index contributed by atoms with van der Waals surface area (Å²) in [6, 6.07) is 14.3. The molecule has 2 aromatic carbocycles. The van der Waals surface area contributed by atoms with Crippen LogP contribution in [0.5, 0.6) is 11.5 Å². The van der Waals surface area contributed by atoms with Gasteiger partial charge in [0.05, 0.1) is 44.7 Å². The number of hydrogen-bond donors (Lipinski definition) is 1. The average molecular weight is 410 g/mol. The summed E-state index contributed by atoms with van der Waals surface area (Å²) in [7, 11) is 3.10. The van der Waals surface area contributed by atoms with Gasteiger partial charge in [0.1, 0.15) is 17.2 Å². The lowest BCUT2D eigenvalue weighted by Gasteiger charge is -2.17. The highest BCUT2D eigenvalue weighted by Gasteiger charge is 2.39. The quantitative estimate of drug-likeness (QED) is 0.639. The number of rotatable bonds is 9. The van der Waals surface area contributed by atoms with Crippen LogP contribution in [0.1, 0.15) is 19.4 Å². The minimum absolute atomic E-state index is 0.0144. The van der Waals surface area contributed by atoms with E-state index in [0.29, 0.717) is 28.3 Å². The third kappa shape index (κ3) is 4.46. The lowest BCUT2D eigenvalue weighted by Crippen LogP contribution is -2.35. The van der Waals surface area contributed by atoms with Crippen molar-refractivity contribution in [1.82, 2.24) is 4.90 Å². The van der Waals surface area contributed by atoms with E-state index in [1.54, 1.807) is 25.3 Å². The van der Waals surface area contributed by atoms with Crippen LogP contribution in [0.25, 0.3) is 5.57 Å². The molecule has 0 radical (unpaired) electrons. The van der Waals surface area contributed by atoms with Crippen molar-refractivity contribution in [2.24, 2.45) is 0 Å². The van der Waals surface area contributed by atoms with Crippen LogP contribution in [0.2, 0.25) is 0 Å². The van der Waals surface area contributed by atoms with Crippen LogP contribution in [-0.2, 0) is 14.3 Å². The van der Waals surface area contributed by atoms with Crippen molar-refractivity contribution in [3.63, 3.8) is 0 Å². The van der Waals surface area contributed by atoms with E-state index in [9.17, 15) is 9.59 Å². The van der Waals surface area contributed by atoms with E-state index in [-0.39, 0.29) is 30.9 Å². The maximum atomic E-state index is 13.2. The molecular formula is C23H26N2O5. The molecule has 0 spiro atoms. The van der Waals surface area contributed by atoms with E-state index in [2.05, 4.69) is 5.32 Å². The Bertz CT molecular complexity index is 953. The average Bonchev–Trinajstić information content (AvgIpc) is 2.98. The molecule has 0 bridgehead atoms. The lowest BCUT2D eigenvalue weighted by molar-refractivity contribution is -0.137. The molecule has 1 N–H and O–H groups in total. The summed E-state index contributed by atoms with van der Waals surface area (Å²) in [5, 5.41) is 3.12. The largest absolute Gasteiger partial charge is 0.497 e. The van der Waals surface area contributed by atoms with Crippen molar-refractivity contribution in [3.8, 4) is 11.5 Å². The summed E-state index contributed by atoms with van der Waals surface area (Å²) in [4.78, 5) is 27.5. The number of hydrogen-bond acceptors (Lipinski definition) is 6. The number of nitrogens with zero attached hydrogens (tertiary/aromatic N) is 1. The number of nitrogens with one attached hydrogen (secondary N) is 1. The molecule has 0 unspecified atom stereocenters. The predicted molar refractivity (Wildman–Crippen MR) is 114 cm³/mol. The molecule has 0 aromatic heterocycles. The van der Waals surface area contributed by atoms with E-state index in [1.807, 2.05) is 44.2 Å². The Balaban J connectivity index is 1.98. The van der Waals surface area contributed by atoms with Gasteiger partial charge in [0, 0.05) is 6.07 Å². The Morgan fingerprint density at radius 2 is 1.70 bits per heavy atom. The van der Waals surface area contributed by atoms with Gasteiger partial charge in [-0.1, -0.05) is 30.3 Å². The van der Waals surface area contributed by atoms with Crippen LogP contribution in [0.3, 0.4) is 0 Å². The van der Waals surface area contributed by atoms with Gasteiger partial charge in [-0.25, -0.2) is 0 Å². The fourth-order valence-electron chi connectivity index (χ4n) is 3.18. The van der Waals surface area contributed by atoms with Crippen molar-refractivity contribution < 1.29 is 23.8 Å². The fourth-order valence-corrected chi connectivity index (χ4v) is 3.18. The van der Waals surface area contributed by atoms with Crippen molar-refractivity contribution in [1.29, 1.82) is 0 Å². The van der Waals surface area contributed by atoms with Gasteiger partial charge < -0.3 is 19.5 Å². The zero-order valence-electron chi connectivity index (χ0n) is 17.6. The second kappa shape index (κ2) is 9.45. The molecule has 0 aliphatic carbocycles. The Morgan fingerprint density at radius 1 is 0.967 bits per heavy atom. The SMILES string of the molecule is COc1ccc(NC2=C(c3ccccc3)C(=O)N(CCOC(C)C)C2=O)c(OC)c1. The number of ether oxygens (including phenoxy) is 3.